The molecular formula is C66H117N2O6P. The van der Waals surface area contributed by atoms with Crippen molar-refractivity contribution >= 4 is 13.7 Å². The van der Waals surface area contributed by atoms with Gasteiger partial charge in [0.25, 0.3) is 7.82 Å². The van der Waals surface area contributed by atoms with Crippen molar-refractivity contribution in [2.75, 3.05) is 40.9 Å². The van der Waals surface area contributed by atoms with E-state index in [2.05, 4.69) is 116 Å². The molecule has 0 aliphatic rings. The zero-order chi connectivity index (χ0) is 54.9. The Morgan fingerprint density at radius 1 is 0.480 bits per heavy atom. The van der Waals surface area contributed by atoms with Gasteiger partial charge in [-0.05, 0) is 89.9 Å². The normalized spacial score (nSPS) is 14.6. The van der Waals surface area contributed by atoms with Gasteiger partial charge in [0.1, 0.15) is 13.2 Å². The van der Waals surface area contributed by atoms with Crippen LogP contribution in [0.3, 0.4) is 0 Å². The van der Waals surface area contributed by atoms with Gasteiger partial charge in [-0.2, -0.15) is 0 Å². The number of nitrogens with zero attached hydrogens (tertiary/aromatic N) is 1. The highest BCUT2D eigenvalue weighted by atomic mass is 31.2. The second-order valence-corrected chi connectivity index (χ2v) is 23.1. The summed E-state index contributed by atoms with van der Waals surface area (Å²) in [4.78, 5) is 25.5. The number of aliphatic hydroxyl groups is 1. The lowest BCUT2D eigenvalue weighted by atomic mass is 10.0. The van der Waals surface area contributed by atoms with Gasteiger partial charge >= 0.3 is 0 Å². The first-order chi connectivity index (χ1) is 36.5. The quantitative estimate of drug-likeness (QED) is 0.0272. The van der Waals surface area contributed by atoms with Crippen LogP contribution in [-0.2, 0) is 18.4 Å². The molecule has 9 heteroatoms. The van der Waals surface area contributed by atoms with Crippen LogP contribution in [0.15, 0.2) is 109 Å². The van der Waals surface area contributed by atoms with Crippen LogP contribution in [0.25, 0.3) is 0 Å². The molecule has 0 bridgehead atoms. The molecule has 0 heterocycles. The molecular weight excluding hydrogens is 948 g/mol. The van der Waals surface area contributed by atoms with Gasteiger partial charge in [-0.15, -0.1) is 0 Å². The average molecular weight is 1070 g/mol. The third-order valence-electron chi connectivity index (χ3n) is 13.2. The van der Waals surface area contributed by atoms with Gasteiger partial charge in [0.2, 0.25) is 5.91 Å². The third kappa shape index (κ3) is 58.7. The van der Waals surface area contributed by atoms with Crippen LogP contribution in [0, 0.1) is 0 Å². The number of rotatable bonds is 55. The van der Waals surface area contributed by atoms with Crippen molar-refractivity contribution in [3.8, 4) is 0 Å². The van der Waals surface area contributed by atoms with Gasteiger partial charge < -0.3 is 28.8 Å². The molecule has 1 amide bonds. The number of carbonyl (C=O) groups is 1. The summed E-state index contributed by atoms with van der Waals surface area (Å²) in [7, 11) is 1.21. The van der Waals surface area contributed by atoms with Gasteiger partial charge in [-0.1, -0.05) is 264 Å². The third-order valence-corrected chi connectivity index (χ3v) is 14.2. The molecule has 0 aliphatic carbocycles. The Hall–Kier alpha value is -2.84. The number of hydrogen-bond donors (Lipinski definition) is 2. The van der Waals surface area contributed by atoms with E-state index >= 15 is 0 Å². The summed E-state index contributed by atoms with van der Waals surface area (Å²) >= 11 is 0. The van der Waals surface area contributed by atoms with Crippen LogP contribution in [0.2, 0.25) is 0 Å². The first kappa shape index (κ1) is 72.2. The Balaban J connectivity index is 4.31. The fourth-order valence-corrected chi connectivity index (χ4v) is 9.17. The summed E-state index contributed by atoms with van der Waals surface area (Å²) in [6, 6.07) is -0.931. The smallest absolute Gasteiger partial charge is 0.268 e. The van der Waals surface area contributed by atoms with Gasteiger partial charge in [0, 0.05) is 6.42 Å². The fourth-order valence-electron chi connectivity index (χ4n) is 8.44. The fraction of sp³-hybridized carbons (Fsp3) is 0.712. The number of nitrogens with one attached hydrogen (secondary N) is 1. The molecule has 75 heavy (non-hydrogen) atoms. The molecule has 432 valence electrons. The summed E-state index contributed by atoms with van der Waals surface area (Å²) in [6.45, 7) is 4.50. The first-order valence-electron chi connectivity index (χ1n) is 30.7. The van der Waals surface area contributed by atoms with E-state index in [4.69, 9.17) is 9.05 Å². The minimum Gasteiger partial charge on any atom is -0.756 e. The minimum atomic E-state index is -4.63. The van der Waals surface area contributed by atoms with Crippen LogP contribution < -0.4 is 10.2 Å². The standard InChI is InChI=1S/C66H117N2O6P/c1-6-8-10-12-14-16-18-20-22-24-26-28-30-32-33-34-36-37-39-41-43-45-47-49-51-53-55-57-59-65(69)64(63-74-75(71,72)73-62-61-68(3,4)5)67-66(70)60-58-56-54-52-50-48-46-44-42-40-38-35-31-29-27-25-23-21-19-17-15-13-11-9-7-2/h9,11,15,17,21,23,27,29,35,38,42,44,48-51,57,59,64-65,69H,6-8,10,12-14,16,18-20,22,24-26,28,30-34,36-37,39-41,43,45-47,52-56,58,60-63H2,1-5H3,(H-,67,70,71,72)/b11-9-,17-15-,23-21-,29-27-,38-35-,44-42-,50-48-,51-49+,59-57+. The van der Waals surface area contributed by atoms with Gasteiger partial charge in [0.05, 0.1) is 39.9 Å². The van der Waals surface area contributed by atoms with E-state index in [1.165, 1.54) is 141 Å². The maximum absolute atomic E-state index is 13.0. The lowest BCUT2D eigenvalue weighted by Gasteiger charge is -2.29. The summed E-state index contributed by atoms with van der Waals surface area (Å²) in [5, 5.41) is 13.9. The number of quaternary nitrogens is 1. The van der Waals surface area contributed by atoms with Gasteiger partial charge in [-0.3, -0.25) is 9.36 Å². The summed E-state index contributed by atoms with van der Waals surface area (Å²) in [5.74, 6) is -0.241. The first-order valence-corrected chi connectivity index (χ1v) is 32.2. The second kappa shape index (κ2) is 55.9. The van der Waals surface area contributed by atoms with E-state index in [0.717, 1.165) is 83.5 Å². The lowest BCUT2D eigenvalue weighted by molar-refractivity contribution is -0.870. The molecule has 2 N–H and O–H groups in total. The molecule has 0 aromatic heterocycles. The maximum Gasteiger partial charge on any atom is 0.268 e. The van der Waals surface area contributed by atoms with E-state index in [1.807, 2.05) is 27.2 Å². The van der Waals surface area contributed by atoms with Crippen molar-refractivity contribution in [3.63, 3.8) is 0 Å². The molecule has 0 spiro atoms. The van der Waals surface area contributed by atoms with Crippen molar-refractivity contribution < 1.29 is 32.9 Å². The molecule has 0 saturated heterocycles. The number of unbranched alkanes of at least 4 members (excludes halogenated alkanes) is 26. The predicted octanol–water partition coefficient (Wildman–Crippen LogP) is 18.5. The molecule has 0 fully saturated rings. The van der Waals surface area contributed by atoms with Crippen LogP contribution in [0.1, 0.15) is 251 Å². The monoisotopic (exact) mass is 1060 g/mol. The highest BCUT2D eigenvalue weighted by Gasteiger charge is 2.23. The number of carbonyl (C=O) groups excluding carboxylic acids is 1. The van der Waals surface area contributed by atoms with Gasteiger partial charge in [0.15, 0.2) is 0 Å². The van der Waals surface area contributed by atoms with Crippen molar-refractivity contribution in [3.05, 3.63) is 109 Å². The van der Waals surface area contributed by atoms with Crippen LogP contribution in [0.4, 0.5) is 0 Å². The molecule has 0 aromatic rings. The zero-order valence-corrected chi connectivity index (χ0v) is 50.1. The Morgan fingerprint density at radius 2 is 0.827 bits per heavy atom. The largest absolute Gasteiger partial charge is 0.756 e. The summed E-state index contributed by atoms with van der Waals surface area (Å²) in [6.07, 6.45) is 81.9. The Morgan fingerprint density at radius 3 is 1.24 bits per heavy atom. The molecule has 0 aliphatic heterocycles. The number of phosphoric acid groups is 1. The Kier molecular flexibility index (Phi) is 53.8. The van der Waals surface area contributed by atoms with E-state index < -0.39 is 26.6 Å². The van der Waals surface area contributed by atoms with E-state index in [0.29, 0.717) is 17.4 Å². The van der Waals surface area contributed by atoms with Crippen LogP contribution in [-0.4, -0.2) is 68.5 Å². The Labute approximate surface area is 463 Å². The molecule has 3 unspecified atom stereocenters. The second-order valence-electron chi connectivity index (χ2n) is 21.7. The van der Waals surface area contributed by atoms with Crippen LogP contribution in [0.5, 0.6) is 0 Å². The molecule has 3 atom stereocenters. The number of aliphatic hydroxyl groups excluding tert-OH is 1. The highest BCUT2D eigenvalue weighted by Crippen LogP contribution is 2.38. The van der Waals surface area contributed by atoms with Gasteiger partial charge in [-0.25, -0.2) is 0 Å². The lowest BCUT2D eigenvalue weighted by Crippen LogP contribution is -2.45. The minimum absolute atomic E-state index is 0.0192. The molecule has 0 aromatic carbocycles. The zero-order valence-electron chi connectivity index (χ0n) is 49.2. The number of hydrogen-bond acceptors (Lipinski definition) is 6. The molecule has 0 rings (SSSR count). The van der Waals surface area contributed by atoms with E-state index in [-0.39, 0.29) is 18.9 Å². The summed E-state index contributed by atoms with van der Waals surface area (Å²) < 4.78 is 23.3. The molecule has 0 saturated carbocycles. The van der Waals surface area contributed by atoms with Crippen molar-refractivity contribution in [2.24, 2.45) is 0 Å². The molecule has 8 nitrogen and oxygen atoms in total. The predicted molar refractivity (Wildman–Crippen MR) is 325 cm³/mol. The average Bonchev–Trinajstić information content (AvgIpc) is 3.37. The van der Waals surface area contributed by atoms with Crippen molar-refractivity contribution in [2.45, 2.75) is 264 Å². The highest BCUT2D eigenvalue weighted by molar-refractivity contribution is 7.45. The van der Waals surface area contributed by atoms with Crippen molar-refractivity contribution in [1.82, 2.24) is 5.32 Å². The number of amides is 1. The number of likely N-dealkylation sites (N-methyl/N-ethyl adjacent to an activating group) is 1. The van der Waals surface area contributed by atoms with Crippen LogP contribution >= 0.6 is 7.82 Å². The Bertz CT molecular complexity index is 1590. The number of allylic oxidation sites excluding steroid dienone is 17. The topological polar surface area (TPSA) is 108 Å². The van der Waals surface area contributed by atoms with Crippen molar-refractivity contribution in [1.29, 1.82) is 0 Å². The SMILES string of the molecule is CC/C=C\C/C=C\C/C=C\C/C=C\C/C=C\C/C=C\C/C=C\CCCCCC(=O)NC(COP(=O)([O-])OCC[N+](C)(C)C)C(O)/C=C/CC/C=C/CCCCCCCCCCCCCCCCCCCCCCCC. The molecule has 0 radical (unpaired) electrons. The number of phosphoric ester groups is 1. The summed E-state index contributed by atoms with van der Waals surface area (Å²) in [5.41, 5.74) is 0. The maximum atomic E-state index is 13.0. The van der Waals surface area contributed by atoms with E-state index in [1.54, 1.807) is 6.08 Å². The van der Waals surface area contributed by atoms with E-state index in [9.17, 15) is 19.4 Å².